The van der Waals surface area contributed by atoms with Gasteiger partial charge in [-0.2, -0.15) is 0 Å². The lowest BCUT2D eigenvalue weighted by Crippen LogP contribution is -2.31. The molecule has 1 amide bonds. The number of benzene rings is 1. The molecule has 0 bridgehead atoms. The van der Waals surface area contributed by atoms with Crippen molar-refractivity contribution < 1.29 is 23.9 Å². The third-order valence-electron chi connectivity index (χ3n) is 3.49. The van der Waals surface area contributed by atoms with E-state index in [2.05, 4.69) is 27.2 Å². The number of carbonyl (C=O) groups excluding carboxylic acids is 3. The smallest absolute Gasteiger partial charge is 0.246 e. The normalized spacial score (nSPS) is 11.3. The zero-order valence-corrected chi connectivity index (χ0v) is 16.5. The Kier molecular flexibility index (Phi) is 10.3. The zero-order valence-electron chi connectivity index (χ0n) is 16.5. The molecule has 0 saturated heterocycles. The molecule has 29 heavy (non-hydrogen) atoms. The number of hydrogen-bond acceptors (Lipinski definition) is 6. The molecule has 9 nitrogen and oxygen atoms in total. The SMILES string of the molecule is C/C=C(/C#CCNC(=O)COC(COc1cccc(C(C)=O)c1)N=[N+]=[N-])C(C)=O. The Labute approximate surface area is 168 Å². The van der Waals surface area contributed by atoms with Crippen molar-refractivity contribution in [3.05, 3.63) is 51.9 Å². The Morgan fingerprint density at radius 2 is 2.10 bits per heavy atom. The van der Waals surface area contributed by atoms with Crippen LogP contribution in [-0.2, 0) is 14.3 Å². The van der Waals surface area contributed by atoms with Gasteiger partial charge in [0.1, 0.15) is 19.0 Å². The number of Topliss-reactive ketones (excluding diaryl/α,β-unsaturated/α-hetero) is 2. The molecule has 0 radical (unpaired) electrons. The predicted octanol–water partition coefficient (Wildman–Crippen LogP) is 2.58. The van der Waals surface area contributed by atoms with Crippen LogP contribution in [0.25, 0.3) is 10.4 Å². The van der Waals surface area contributed by atoms with E-state index < -0.39 is 12.1 Å². The second-order valence-electron chi connectivity index (χ2n) is 5.70. The first kappa shape index (κ1) is 23.4. The highest BCUT2D eigenvalue weighted by Crippen LogP contribution is 2.14. The van der Waals surface area contributed by atoms with E-state index in [1.807, 2.05) is 0 Å². The zero-order chi connectivity index (χ0) is 21.6. The third-order valence-corrected chi connectivity index (χ3v) is 3.49. The van der Waals surface area contributed by atoms with Gasteiger partial charge in [0, 0.05) is 10.5 Å². The summed E-state index contributed by atoms with van der Waals surface area (Å²) in [5.74, 6) is 4.99. The molecule has 0 heterocycles. The standard InChI is InChI=1S/C20H22N4O5/c1-4-16(14(2)25)8-6-10-22-19(27)12-29-20(23-24-21)13-28-18-9-5-7-17(11-18)15(3)26/h4-5,7,9,11,20H,10,12-13H2,1-3H3,(H,22,27)/b16-4-. The van der Waals surface area contributed by atoms with Gasteiger partial charge >= 0.3 is 0 Å². The molecule has 1 unspecified atom stereocenters. The highest BCUT2D eigenvalue weighted by atomic mass is 16.5. The van der Waals surface area contributed by atoms with Gasteiger partial charge in [-0.15, -0.1) is 0 Å². The average molecular weight is 398 g/mol. The van der Waals surface area contributed by atoms with Gasteiger partial charge in [0.15, 0.2) is 17.8 Å². The fourth-order valence-electron chi connectivity index (χ4n) is 2.01. The van der Waals surface area contributed by atoms with Crippen molar-refractivity contribution in [1.29, 1.82) is 0 Å². The van der Waals surface area contributed by atoms with Crippen LogP contribution < -0.4 is 10.1 Å². The van der Waals surface area contributed by atoms with Crippen LogP contribution in [0.15, 0.2) is 41.0 Å². The van der Waals surface area contributed by atoms with Gasteiger partial charge in [0.05, 0.1) is 12.1 Å². The minimum atomic E-state index is -1.04. The van der Waals surface area contributed by atoms with Gasteiger partial charge in [0.2, 0.25) is 5.91 Å². The van der Waals surface area contributed by atoms with Crippen molar-refractivity contribution in [1.82, 2.24) is 5.32 Å². The largest absolute Gasteiger partial charge is 0.491 e. The van der Waals surface area contributed by atoms with E-state index in [1.165, 1.54) is 13.8 Å². The first-order valence-electron chi connectivity index (χ1n) is 8.69. The number of azide groups is 1. The van der Waals surface area contributed by atoms with Crippen LogP contribution in [0.1, 0.15) is 31.1 Å². The van der Waals surface area contributed by atoms with Crippen LogP contribution in [0.3, 0.4) is 0 Å². The molecule has 1 aromatic carbocycles. The highest BCUT2D eigenvalue weighted by Gasteiger charge is 2.11. The van der Waals surface area contributed by atoms with E-state index in [4.69, 9.17) is 15.0 Å². The second kappa shape index (κ2) is 12.7. The molecule has 152 valence electrons. The Morgan fingerprint density at radius 1 is 1.34 bits per heavy atom. The number of carbonyl (C=O) groups is 3. The van der Waals surface area contributed by atoms with Crippen LogP contribution in [0.2, 0.25) is 0 Å². The van der Waals surface area contributed by atoms with Crippen LogP contribution in [0, 0.1) is 11.8 Å². The Hall–Kier alpha value is -3.60. The molecular weight excluding hydrogens is 376 g/mol. The van der Waals surface area contributed by atoms with Gasteiger partial charge in [-0.25, -0.2) is 0 Å². The van der Waals surface area contributed by atoms with Gasteiger partial charge in [-0.3, -0.25) is 14.4 Å². The van der Waals surface area contributed by atoms with Crippen molar-refractivity contribution in [3.8, 4) is 17.6 Å². The van der Waals surface area contributed by atoms with E-state index in [1.54, 1.807) is 37.3 Å². The molecule has 0 aliphatic rings. The average Bonchev–Trinajstić information content (AvgIpc) is 2.70. The Morgan fingerprint density at radius 3 is 2.72 bits per heavy atom. The first-order valence-corrected chi connectivity index (χ1v) is 8.69. The third kappa shape index (κ3) is 9.24. The molecular formula is C20H22N4O5. The summed E-state index contributed by atoms with van der Waals surface area (Å²) in [6, 6.07) is 6.51. The molecule has 1 N–H and O–H groups in total. The van der Waals surface area contributed by atoms with Crippen molar-refractivity contribution >= 4 is 17.5 Å². The number of allylic oxidation sites excluding steroid dienone is 2. The maximum Gasteiger partial charge on any atom is 0.246 e. The van der Waals surface area contributed by atoms with Gasteiger partial charge < -0.3 is 14.8 Å². The summed E-state index contributed by atoms with van der Waals surface area (Å²) in [4.78, 5) is 37.1. The summed E-state index contributed by atoms with van der Waals surface area (Å²) in [5, 5.41) is 5.94. The van der Waals surface area contributed by atoms with Crippen molar-refractivity contribution in [2.24, 2.45) is 5.11 Å². The lowest BCUT2D eigenvalue weighted by molar-refractivity contribution is -0.127. The quantitative estimate of drug-likeness (QED) is 0.162. The highest BCUT2D eigenvalue weighted by molar-refractivity contribution is 5.97. The lowest BCUT2D eigenvalue weighted by atomic mass is 10.1. The van der Waals surface area contributed by atoms with Crippen molar-refractivity contribution in [2.45, 2.75) is 27.0 Å². The fourth-order valence-corrected chi connectivity index (χ4v) is 2.01. The van der Waals surface area contributed by atoms with Gasteiger partial charge in [-0.1, -0.05) is 35.2 Å². The number of nitrogens with zero attached hydrogens (tertiary/aromatic N) is 3. The lowest BCUT2D eigenvalue weighted by Gasteiger charge is -2.14. The molecule has 0 saturated carbocycles. The second-order valence-corrected chi connectivity index (χ2v) is 5.70. The number of ether oxygens (including phenoxy) is 2. The summed E-state index contributed by atoms with van der Waals surface area (Å²) in [7, 11) is 0. The molecule has 0 spiro atoms. The van der Waals surface area contributed by atoms with E-state index >= 15 is 0 Å². The number of nitrogens with one attached hydrogen (secondary N) is 1. The Bertz CT molecular complexity index is 892. The van der Waals surface area contributed by atoms with Gasteiger partial charge in [0.25, 0.3) is 0 Å². The molecule has 1 rings (SSSR count). The first-order chi connectivity index (χ1) is 13.9. The number of ketones is 2. The van der Waals surface area contributed by atoms with E-state index in [0.29, 0.717) is 16.9 Å². The molecule has 1 aromatic rings. The monoisotopic (exact) mass is 398 g/mol. The summed E-state index contributed by atoms with van der Waals surface area (Å²) in [6.07, 6.45) is 0.557. The van der Waals surface area contributed by atoms with Crippen molar-refractivity contribution in [3.63, 3.8) is 0 Å². The van der Waals surface area contributed by atoms with E-state index in [9.17, 15) is 14.4 Å². The number of rotatable bonds is 10. The van der Waals surface area contributed by atoms with Crippen LogP contribution >= 0.6 is 0 Å². The van der Waals surface area contributed by atoms with Crippen LogP contribution in [0.4, 0.5) is 0 Å². The summed E-state index contributed by atoms with van der Waals surface area (Å²) < 4.78 is 10.7. The number of amides is 1. The summed E-state index contributed by atoms with van der Waals surface area (Å²) >= 11 is 0. The maximum absolute atomic E-state index is 11.8. The summed E-state index contributed by atoms with van der Waals surface area (Å²) in [6.45, 7) is 4.07. The molecule has 0 aliphatic heterocycles. The minimum absolute atomic E-state index is 0.0351. The topological polar surface area (TPSA) is 130 Å². The molecule has 0 fully saturated rings. The summed E-state index contributed by atoms with van der Waals surface area (Å²) in [5.41, 5.74) is 9.48. The molecule has 0 aromatic heterocycles. The van der Waals surface area contributed by atoms with Gasteiger partial charge in [-0.05, 0) is 38.4 Å². The number of hydrogen-bond donors (Lipinski definition) is 1. The Balaban J connectivity index is 2.50. The minimum Gasteiger partial charge on any atom is -0.491 e. The maximum atomic E-state index is 11.8. The van der Waals surface area contributed by atoms with Crippen LogP contribution in [0.5, 0.6) is 5.75 Å². The molecule has 0 aliphatic carbocycles. The van der Waals surface area contributed by atoms with Crippen molar-refractivity contribution in [2.75, 3.05) is 19.8 Å². The predicted molar refractivity (Wildman–Crippen MR) is 106 cm³/mol. The molecule has 9 heteroatoms. The molecule has 1 atom stereocenters. The van der Waals surface area contributed by atoms with E-state index in [0.717, 1.165) is 0 Å². The fraction of sp³-hybridized carbons (Fsp3) is 0.350. The van der Waals surface area contributed by atoms with Crippen LogP contribution in [-0.4, -0.2) is 43.5 Å². The van der Waals surface area contributed by atoms with E-state index in [-0.39, 0.29) is 31.3 Å².